The lowest BCUT2D eigenvalue weighted by molar-refractivity contribution is 0.0950. The topological polar surface area (TPSA) is 85.2 Å². The van der Waals surface area contributed by atoms with Crippen LogP contribution in [-0.2, 0) is 11.3 Å². The van der Waals surface area contributed by atoms with E-state index >= 15 is 0 Å². The predicted octanol–water partition coefficient (Wildman–Crippen LogP) is 1.74. The van der Waals surface area contributed by atoms with Crippen LogP contribution < -0.4 is 10.2 Å². The summed E-state index contributed by atoms with van der Waals surface area (Å²) in [5.41, 5.74) is 2.22. The summed E-state index contributed by atoms with van der Waals surface area (Å²) >= 11 is 0. The number of nitrogens with one attached hydrogen (secondary N) is 1. The third-order valence-corrected chi connectivity index (χ3v) is 4.72. The third-order valence-electron chi connectivity index (χ3n) is 4.72. The number of hydrogen-bond donors (Lipinski definition) is 1. The zero-order valence-electron chi connectivity index (χ0n) is 15.7. The van der Waals surface area contributed by atoms with Crippen molar-refractivity contribution in [3.63, 3.8) is 0 Å². The number of carbonyl (C=O) groups excluding carboxylic acids is 1. The Morgan fingerprint density at radius 2 is 1.96 bits per heavy atom. The van der Waals surface area contributed by atoms with Crippen LogP contribution in [0.4, 0.5) is 5.82 Å². The molecule has 4 rings (SSSR count). The molecule has 0 aromatic carbocycles. The molecule has 0 radical (unpaired) electrons. The van der Waals surface area contributed by atoms with Crippen molar-refractivity contribution in [2.75, 3.05) is 31.2 Å². The van der Waals surface area contributed by atoms with Gasteiger partial charge in [-0.05, 0) is 30.7 Å². The summed E-state index contributed by atoms with van der Waals surface area (Å²) in [6.45, 7) is 5.42. The number of hydrogen-bond acceptors (Lipinski definition) is 6. The molecule has 3 aromatic rings. The molecule has 1 amide bonds. The number of aromatic nitrogens is 4. The number of carbonyl (C=O) groups is 1. The quantitative estimate of drug-likeness (QED) is 0.728. The molecule has 1 saturated heterocycles. The van der Waals surface area contributed by atoms with E-state index in [-0.39, 0.29) is 5.91 Å². The maximum atomic E-state index is 12.6. The van der Waals surface area contributed by atoms with Gasteiger partial charge < -0.3 is 15.0 Å². The van der Waals surface area contributed by atoms with Crippen LogP contribution in [0, 0.1) is 6.92 Å². The number of morpholine rings is 1. The first-order valence-electron chi connectivity index (χ1n) is 9.24. The average molecular weight is 378 g/mol. The van der Waals surface area contributed by atoms with Gasteiger partial charge in [0.25, 0.3) is 5.91 Å². The minimum absolute atomic E-state index is 0.170. The van der Waals surface area contributed by atoms with Gasteiger partial charge in [0, 0.05) is 32.0 Å². The van der Waals surface area contributed by atoms with Crippen LogP contribution in [0.1, 0.15) is 21.6 Å². The highest BCUT2D eigenvalue weighted by molar-refractivity contribution is 5.95. The van der Waals surface area contributed by atoms with Crippen LogP contribution in [0.15, 0.2) is 48.9 Å². The summed E-state index contributed by atoms with van der Waals surface area (Å²) in [4.78, 5) is 23.5. The third kappa shape index (κ3) is 3.86. The second-order valence-corrected chi connectivity index (χ2v) is 6.55. The van der Waals surface area contributed by atoms with Gasteiger partial charge in [-0.3, -0.25) is 4.79 Å². The average Bonchev–Trinajstić information content (AvgIpc) is 3.15. The van der Waals surface area contributed by atoms with Crippen molar-refractivity contribution < 1.29 is 9.53 Å². The predicted molar refractivity (Wildman–Crippen MR) is 105 cm³/mol. The molecule has 1 fully saturated rings. The SMILES string of the molecule is Cc1c(C(=O)NCc2ccc(N3CCOCC3)nc2)cnn1-c1ccccn1. The summed E-state index contributed by atoms with van der Waals surface area (Å²) in [6.07, 6.45) is 5.07. The normalized spacial score (nSPS) is 14.1. The zero-order valence-corrected chi connectivity index (χ0v) is 15.7. The van der Waals surface area contributed by atoms with Gasteiger partial charge >= 0.3 is 0 Å². The molecule has 0 saturated carbocycles. The fourth-order valence-electron chi connectivity index (χ4n) is 3.12. The summed E-state index contributed by atoms with van der Waals surface area (Å²) in [5, 5.41) is 7.22. The molecular weight excluding hydrogens is 356 g/mol. The maximum Gasteiger partial charge on any atom is 0.255 e. The first kappa shape index (κ1) is 18.1. The van der Waals surface area contributed by atoms with Crippen molar-refractivity contribution in [1.82, 2.24) is 25.1 Å². The number of amides is 1. The molecule has 4 heterocycles. The second-order valence-electron chi connectivity index (χ2n) is 6.55. The molecule has 8 nitrogen and oxygen atoms in total. The zero-order chi connectivity index (χ0) is 19.3. The Hall–Kier alpha value is -3.26. The fraction of sp³-hybridized carbons (Fsp3) is 0.300. The van der Waals surface area contributed by atoms with Crippen LogP contribution in [-0.4, -0.2) is 52.0 Å². The molecule has 0 unspecified atom stereocenters. The lowest BCUT2D eigenvalue weighted by Gasteiger charge is -2.27. The number of rotatable bonds is 5. The van der Waals surface area contributed by atoms with Gasteiger partial charge in [0.15, 0.2) is 5.82 Å². The summed E-state index contributed by atoms with van der Waals surface area (Å²) in [5.74, 6) is 1.45. The largest absolute Gasteiger partial charge is 0.378 e. The van der Waals surface area contributed by atoms with E-state index in [1.807, 2.05) is 37.3 Å². The van der Waals surface area contributed by atoms with Crippen molar-refractivity contribution in [2.24, 2.45) is 0 Å². The molecule has 1 aliphatic heterocycles. The Kier molecular flexibility index (Phi) is 5.29. The van der Waals surface area contributed by atoms with Crippen molar-refractivity contribution in [2.45, 2.75) is 13.5 Å². The Labute approximate surface area is 163 Å². The number of pyridine rings is 2. The van der Waals surface area contributed by atoms with Gasteiger partial charge in [-0.2, -0.15) is 5.10 Å². The van der Waals surface area contributed by atoms with Gasteiger partial charge in [0.05, 0.1) is 30.7 Å². The van der Waals surface area contributed by atoms with Gasteiger partial charge in [0.2, 0.25) is 0 Å². The Morgan fingerprint density at radius 3 is 2.68 bits per heavy atom. The van der Waals surface area contributed by atoms with Crippen molar-refractivity contribution in [3.05, 3.63) is 65.7 Å². The summed E-state index contributed by atoms with van der Waals surface area (Å²) in [7, 11) is 0. The molecule has 28 heavy (non-hydrogen) atoms. The maximum absolute atomic E-state index is 12.6. The fourth-order valence-corrected chi connectivity index (χ4v) is 3.12. The minimum Gasteiger partial charge on any atom is -0.378 e. The highest BCUT2D eigenvalue weighted by atomic mass is 16.5. The molecule has 0 aliphatic carbocycles. The van der Waals surface area contributed by atoms with Gasteiger partial charge in [-0.1, -0.05) is 12.1 Å². The van der Waals surface area contributed by atoms with Crippen LogP contribution in [0.5, 0.6) is 0 Å². The van der Waals surface area contributed by atoms with Crippen molar-refractivity contribution in [3.8, 4) is 5.82 Å². The molecular formula is C20H22N6O2. The van der Waals surface area contributed by atoms with Gasteiger partial charge in [0.1, 0.15) is 5.82 Å². The minimum atomic E-state index is -0.170. The highest BCUT2D eigenvalue weighted by Crippen LogP contribution is 2.14. The molecule has 0 spiro atoms. The highest BCUT2D eigenvalue weighted by Gasteiger charge is 2.16. The van der Waals surface area contributed by atoms with E-state index in [1.54, 1.807) is 23.3 Å². The van der Waals surface area contributed by atoms with Gasteiger partial charge in [-0.15, -0.1) is 0 Å². The lowest BCUT2D eigenvalue weighted by atomic mass is 10.2. The number of ether oxygens (including phenoxy) is 1. The molecule has 0 atom stereocenters. The standard InChI is InChI=1S/C20H22N6O2/c1-15-17(14-24-26(15)19-4-2-3-7-21-19)20(27)23-13-16-5-6-18(22-12-16)25-8-10-28-11-9-25/h2-7,12,14H,8-11,13H2,1H3,(H,23,27). The molecule has 1 N–H and O–H groups in total. The van der Waals surface area contributed by atoms with Crippen molar-refractivity contribution >= 4 is 11.7 Å². The first-order chi connectivity index (χ1) is 13.7. The lowest BCUT2D eigenvalue weighted by Crippen LogP contribution is -2.36. The van der Waals surface area contributed by atoms with E-state index in [2.05, 4.69) is 25.3 Å². The van der Waals surface area contributed by atoms with E-state index in [0.29, 0.717) is 17.9 Å². The summed E-state index contributed by atoms with van der Waals surface area (Å²) < 4.78 is 7.02. The Bertz CT molecular complexity index is 933. The molecule has 1 aliphatic rings. The number of nitrogens with zero attached hydrogens (tertiary/aromatic N) is 5. The smallest absolute Gasteiger partial charge is 0.255 e. The van der Waals surface area contributed by atoms with E-state index in [1.165, 1.54) is 0 Å². The second kappa shape index (κ2) is 8.18. The molecule has 144 valence electrons. The summed E-state index contributed by atoms with van der Waals surface area (Å²) in [6, 6.07) is 9.55. The first-order valence-corrected chi connectivity index (χ1v) is 9.24. The van der Waals surface area contributed by atoms with Crippen LogP contribution in [0.3, 0.4) is 0 Å². The Balaban J connectivity index is 1.39. The van der Waals surface area contributed by atoms with E-state index in [4.69, 9.17) is 4.74 Å². The van der Waals surface area contributed by atoms with E-state index < -0.39 is 0 Å². The Morgan fingerprint density at radius 1 is 1.11 bits per heavy atom. The van der Waals surface area contributed by atoms with Crippen LogP contribution in [0.25, 0.3) is 5.82 Å². The molecule has 0 bridgehead atoms. The number of anilines is 1. The van der Waals surface area contributed by atoms with Crippen LogP contribution in [0.2, 0.25) is 0 Å². The van der Waals surface area contributed by atoms with E-state index in [9.17, 15) is 4.79 Å². The molecule has 3 aromatic heterocycles. The van der Waals surface area contributed by atoms with Gasteiger partial charge in [-0.25, -0.2) is 14.6 Å². The van der Waals surface area contributed by atoms with Crippen LogP contribution >= 0.6 is 0 Å². The van der Waals surface area contributed by atoms with Crippen molar-refractivity contribution in [1.29, 1.82) is 0 Å². The monoisotopic (exact) mass is 378 g/mol. The molecule has 8 heteroatoms. The van der Waals surface area contributed by atoms with E-state index in [0.717, 1.165) is 43.4 Å².